The summed E-state index contributed by atoms with van der Waals surface area (Å²) < 4.78 is 23.1. The van der Waals surface area contributed by atoms with Crippen LogP contribution in [0.4, 0.5) is 5.69 Å². The average molecular weight is 251 g/mol. The number of alkyl halides is 1. The summed E-state index contributed by atoms with van der Waals surface area (Å²) in [5.41, 5.74) is -0.525. The minimum Gasteiger partial charge on any atom is -0.258 e. The van der Waals surface area contributed by atoms with E-state index in [4.69, 9.17) is 11.6 Å². The quantitative estimate of drug-likeness (QED) is 0.452. The van der Waals surface area contributed by atoms with Crippen LogP contribution in [0, 0.1) is 10.1 Å². The second-order valence-corrected chi connectivity index (χ2v) is 5.06. The molecule has 0 spiro atoms. The van der Waals surface area contributed by atoms with E-state index < -0.39 is 20.4 Å². The largest absolute Gasteiger partial charge is 0.306 e. The van der Waals surface area contributed by atoms with Crippen LogP contribution in [0.15, 0.2) is 23.4 Å². The van der Waals surface area contributed by atoms with E-state index in [1.165, 1.54) is 6.20 Å². The van der Waals surface area contributed by atoms with Crippen LogP contribution in [0.3, 0.4) is 0 Å². The lowest BCUT2D eigenvalue weighted by atomic mass is 10.4. The third-order valence-corrected chi connectivity index (χ3v) is 3.81. The zero-order chi connectivity index (χ0) is 11.5. The molecule has 0 unspecified atom stereocenters. The minimum atomic E-state index is -3.70. The van der Waals surface area contributed by atoms with Crippen molar-refractivity contribution in [2.45, 2.75) is 4.90 Å². The monoisotopic (exact) mass is 250 g/mol. The van der Waals surface area contributed by atoms with Crippen LogP contribution in [0.25, 0.3) is 0 Å². The van der Waals surface area contributed by atoms with Crippen molar-refractivity contribution in [1.82, 2.24) is 4.98 Å². The molecule has 1 aromatic heterocycles. The fraction of sp³-hybridized carbons (Fsp3) is 0.286. The number of hydrogen-bond acceptors (Lipinski definition) is 5. The highest BCUT2D eigenvalue weighted by atomic mass is 35.5. The Hall–Kier alpha value is -1.21. The Morgan fingerprint density at radius 2 is 2.20 bits per heavy atom. The second kappa shape index (κ2) is 4.54. The van der Waals surface area contributed by atoms with Gasteiger partial charge in [-0.25, -0.2) is 8.42 Å². The first kappa shape index (κ1) is 11.9. The van der Waals surface area contributed by atoms with E-state index in [2.05, 4.69) is 4.98 Å². The molecular weight excluding hydrogens is 244 g/mol. The van der Waals surface area contributed by atoms with E-state index in [0.29, 0.717) is 0 Å². The van der Waals surface area contributed by atoms with Crippen molar-refractivity contribution >= 4 is 27.1 Å². The third kappa shape index (κ3) is 2.63. The number of nitro groups is 1. The first-order valence-corrected chi connectivity index (χ1v) is 6.05. The van der Waals surface area contributed by atoms with Gasteiger partial charge in [0.1, 0.15) is 11.1 Å². The Kier molecular flexibility index (Phi) is 3.59. The zero-order valence-corrected chi connectivity index (χ0v) is 9.03. The normalized spacial score (nSPS) is 11.3. The van der Waals surface area contributed by atoms with Crippen LogP contribution >= 0.6 is 11.6 Å². The van der Waals surface area contributed by atoms with E-state index in [0.717, 1.165) is 12.3 Å². The summed E-state index contributed by atoms with van der Waals surface area (Å²) in [6, 6.07) is 1.10. The van der Waals surface area contributed by atoms with Gasteiger partial charge >= 0.3 is 5.69 Å². The molecule has 0 aliphatic carbocycles. The van der Waals surface area contributed by atoms with Crippen LogP contribution in [0.5, 0.6) is 0 Å². The number of halogens is 1. The maximum Gasteiger partial charge on any atom is 0.306 e. The molecule has 6 nitrogen and oxygen atoms in total. The van der Waals surface area contributed by atoms with Crippen molar-refractivity contribution in [3.63, 3.8) is 0 Å². The molecule has 82 valence electrons. The van der Waals surface area contributed by atoms with Crippen LogP contribution in [0.1, 0.15) is 0 Å². The summed E-state index contributed by atoms with van der Waals surface area (Å²) >= 11 is 5.30. The van der Waals surface area contributed by atoms with Gasteiger partial charge in [0, 0.05) is 12.1 Å². The van der Waals surface area contributed by atoms with Crippen LogP contribution in [0.2, 0.25) is 0 Å². The molecule has 0 radical (unpaired) electrons. The first-order valence-electron chi connectivity index (χ1n) is 3.86. The van der Waals surface area contributed by atoms with Crippen molar-refractivity contribution < 1.29 is 13.3 Å². The molecule has 1 aromatic rings. The molecular formula is C7H7ClN2O4S. The zero-order valence-electron chi connectivity index (χ0n) is 7.46. The Morgan fingerprint density at radius 3 is 2.73 bits per heavy atom. The summed E-state index contributed by atoms with van der Waals surface area (Å²) in [5.74, 6) is -0.443. The topological polar surface area (TPSA) is 90.2 Å². The fourth-order valence-corrected chi connectivity index (χ4v) is 2.73. The van der Waals surface area contributed by atoms with Gasteiger partial charge in [0.2, 0.25) is 0 Å². The summed E-state index contributed by atoms with van der Waals surface area (Å²) in [4.78, 5) is 12.9. The summed E-state index contributed by atoms with van der Waals surface area (Å²) in [6.45, 7) is 0. The highest BCUT2D eigenvalue weighted by Crippen LogP contribution is 2.22. The standard InChI is InChI=1S/C7H7ClN2O4S/c8-2-4-15(13,14)7-1-3-9-5-6(7)10(11)12/h1,3,5H,2,4H2. The van der Waals surface area contributed by atoms with Gasteiger partial charge in [-0.2, -0.15) is 0 Å². The fourth-order valence-electron chi connectivity index (χ4n) is 0.985. The summed E-state index contributed by atoms with van der Waals surface area (Å²) in [7, 11) is -3.70. The highest BCUT2D eigenvalue weighted by molar-refractivity contribution is 7.91. The molecule has 1 rings (SSSR count). The molecule has 8 heteroatoms. The number of hydrogen-bond donors (Lipinski definition) is 0. The Bertz CT molecular complexity index is 474. The molecule has 15 heavy (non-hydrogen) atoms. The SMILES string of the molecule is O=[N+]([O-])c1cnccc1S(=O)(=O)CCCl. The lowest BCUT2D eigenvalue weighted by Gasteiger charge is -2.01. The van der Waals surface area contributed by atoms with Gasteiger partial charge in [-0.1, -0.05) is 0 Å². The summed E-state index contributed by atoms with van der Waals surface area (Å²) in [5, 5.41) is 10.5. The summed E-state index contributed by atoms with van der Waals surface area (Å²) in [6.07, 6.45) is 2.09. The van der Waals surface area contributed by atoms with E-state index in [9.17, 15) is 18.5 Å². The van der Waals surface area contributed by atoms with Gasteiger partial charge in [-0.15, -0.1) is 11.6 Å². The maximum absolute atomic E-state index is 11.5. The van der Waals surface area contributed by atoms with Crippen LogP contribution in [-0.4, -0.2) is 30.0 Å². The van der Waals surface area contributed by atoms with Gasteiger partial charge in [0.25, 0.3) is 0 Å². The smallest absolute Gasteiger partial charge is 0.258 e. The molecule has 0 atom stereocenters. The minimum absolute atomic E-state index is 0.109. The molecule has 0 aromatic carbocycles. The molecule has 0 saturated heterocycles. The Morgan fingerprint density at radius 1 is 1.53 bits per heavy atom. The molecule has 0 aliphatic heterocycles. The van der Waals surface area contributed by atoms with Crippen molar-refractivity contribution in [2.24, 2.45) is 0 Å². The van der Waals surface area contributed by atoms with Gasteiger partial charge in [0.05, 0.1) is 10.7 Å². The van der Waals surface area contributed by atoms with Gasteiger partial charge in [0.15, 0.2) is 9.84 Å². The van der Waals surface area contributed by atoms with Crippen LogP contribution < -0.4 is 0 Å². The van der Waals surface area contributed by atoms with E-state index in [-0.39, 0.29) is 16.5 Å². The number of aromatic nitrogens is 1. The lowest BCUT2D eigenvalue weighted by Crippen LogP contribution is -2.10. The number of rotatable bonds is 4. The highest BCUT2D eigenvalue weighted by Gasteiger charge is 2.24. The number of nitrogens with zero attached hydrogens (tertiary/aromatic N) is 2. The molecule has 0 saturated carbocycles. The molecule has 1 heterocycles. The molecule has 0 fully saturated rings. The third-order valence-electron chi connectivity index (χ3n) is 1.64. The molecule has 0 aliphatic rings. The van der Waals surface area contributed by atoms with E-state index in [1.807, 2.05) is 0 Å². The van der Waals surface area contributed by atoms with Crippen molar-refractivity contribution in [2.75, 3.05) is 11.6 Å². The van der Waals surface area contributed by atoms with Crippen LogP contribution in [-0.2, 0) is 9.84 Å². The van der Waals surface area contributed by atoms with Gasteiger partial charge in [-0.05, 0) is 6.07 Å². The second-order valence-electron chi connectivity index (χ2n) is 2.61. The Balaban J connectivity index is 3.31. The van der Waals surface area contributed by atoms with Gasteiger partial charge < -0.3 is 0 Å². The predicted octanol–water partition coefficient (Wildman–Crippen LogP) is 1.00. The number of pyridine rings is 1. The maximum atomic E-state index is 11.5. The molecule has 0 bridgehead atoms. The van der Waals surface area contributed by atoms with Crippen molar-refractivity contribution in [1.29, 1.82) is 0 Å². The molecule has 0 amide bonds. The van der Waals surface area contributed by atoms with Gasteiger partial charge in [-0.3, -0.25) is 15.1 Å². The lowest BCUT2D eigenvalue weighted by molar-refractivity contribution is -0.388. The Labute approximate surface area is 91.0 Å². The average Bonchev–Trinajstić information content (AvgIpc) is 2.17. The number of sulfone groups is 1. The van der Waals surface area contributed by atoms with Crippen molar-refractivity contribution in [3.05, 3.63) is 28.6 Å². The van der Waals surface area contributed by atoms with Crippen molar-refractivity contribution in [3.8, 4) is 0 Å². The van der Waals surface area contributed by atoms with E-state index in [1.54, 1.807) is 0 Å². The predicted molar refractivity (Wildman–Crippen MR) is 53.7 cm³/mol. The molecule has 0 N–H and O–H groups in total. The van der Waals surface area contributed by atoms with E-state index >= 15 is 0 Å². The first-order chi connectivity index (χ1) is 6.99.